The lowest BCUT2D eigenvalue weighted by molar-refractivity contribution is -0.141. The maximum absolute atomic E-state index is 13.0. The molecule has 0 aromatic rings. The summed E-state index contributed by atoms with van der Waals surface area (Å²) < 4.78 is 6.28. The summed E-state index contributed by atoms with van der Waals surface area (Å²) in [6, 6.07) is 0.474. The van der Waals surface area contributed by atoms with Gasteiger partial charge in [0.15, 0.2) is 5.60 Å². The third kappa shape index (κ3) is 1.92. The van der Waals surface area contributed by atoms with E-state index in [1.807, 2.05) is 0 Å². The molecule has 3 heterocycles. The van der Waals surface area contributed by atoms with E-state index in [0.29, 0.717) is 11.9 Å². The Morgan fingerprint density at radius 1 is 1.05 bits per heavy atom. The molecular weight excluding hydrogens is 252 g/mol. The van der Waals surface area contributed by atoms with Gasteiger partial charge in [-0.1, -0.05) is 19.3 Å². The lowest BCUT2D eigenvalue weighted by Gasteiger charge is -2.35. The van der Waals surface area contributed by atoms with Crippen molar-refractivity contribution < 1.29 is 9.53 Å². The molecule has 4 nitrogen and oxygen atoms in total. The fourth-order valence-corrected chi connectivity index (χ4v) is 4.89. The van der Waals surface area contributed by atoms with Crippen molar-refractivity contribution >= 4 is 5.91 Å². The maximum Gasteiger partial charge on any atom is 0.257 e. The second kappa shape index (κ2) is 4.99. The van der Waals surface area contributed by atoms with Crippen LogP contribution in [-0.2, 0) is 9.53 Å². The van der Waals surface area contributed by atoms with Crippen molar-refractivity contribution in [2.45, 2.75) is 75.7 Å². The lowest BCUT2D eigenvalue weighted by Crippen LogP contribution is -2.51. The number of amides is 1. The average Bonchev–Trinajstić information content (AvgIpc) is 3.01. The monoisotopic (exact) mass is 278 g/mol. The Kier molecular flexibility index (Phi) is 3.26. The highest BCUT2D eigenvalue weighted by atomic mass is 16.6. The zero-order valence-electron chi connectivity index (χ0n) is 12.3. The molecule has 1 N–H and O–H groups in total. The smallest absolute Gasteiger partial charge is 0.257 e. The Balaban J connectivity index is 1.54. The summed E-state index contributed by atoms with van der Waals surface area (Å²) in [5.74, 6) is 1.05. The van der Waals surface area contributed by atoms with Crippen LogP contribution in [0.1, 0.15) is 57.8 Å². The molecule has 3 saturated heterocycles. The van der Waals surface area contributed by atoms with Gasteiger partial charge in [0.2, 0.25) is 0 Å². The Hall–Kier alpha value is -0.610. The topological polar surface area (TPSA) is 41.6 Å². The first-order valence-corrected chi connectivity index (χ1v) is 8.51. The van der Waals surface area contributed by atoms with Crippen molar-refractivity contribution in [2.24, 2.45) is 5.92 Å². The van der Waals surface area contributed by atoms with E-state index in [-0.39, 0.29) is 6.23 Å². The van der Waals surface area contributed by atoms with Crippen LogP contribution in [-0.4, -0.2) is 41.8 Å². The molecule has 4 fully saturated rings. The summed E-state index contributed by atoms with van der Waals surface area (Å²) in [5, 5.41) is 3.35. The fourth-order valence-electron chi connectivity index (χ4n) is 4.89. The minimum Gasteiger partial charge on any atom is -0.342 e. The van der Waals surface area contributed by atoms with E-state index >= 15 is 0 Å². The first-order chi connectivity index (χ1) is 9.80. The van der Waals surface area contributed by atoms with Crippen LogP contribution in [0.5, 0.6) is 0 Å². The van der Waals surface area contributed by atoms with Crippen molar-refractivity contribution in [3.63, 3.8) is 0 Å². The number of hydrogen-bond donors (Lipinski definition) is 1. The first kappa shape index (κ1) is 13.1. The minimum absolute atomic E-state index is 0.0903. The number of fused-ring (bicyclic) bond motifs is 1. The molecule has 4 rings (SSSR count). The molecule has 4 heteroatoms. The second-order valence-electron chi connectivity index (χ2n) is 7.07. The molecule has 1 saturated carbocycles. The summed E-state index contributed by atoms with van der Waals surface area (Å²) in [7, 11) is 0. The van der Waals surface area contributed by atoms with E-state index in [9.17, 15) is 4.79 Å². The summed E-state index contributed by atoms with van der Waals surface area (Å²) in [5.41, 5.74) is -0.469. The van der Waals surface area contributed by atoms with Gasteiger partial charge in [-0.3, -0.25) is 4.79 Å². The molecule has 4 aliphatic rings. The lowest BCUT2D eigenvalue weighted by atomic mass is 9.82. The Morgan fingerprint density at radius 3 is 2.55 bits per heavy atom. The molecule has 2 atom stereocenters. The molecule has 1 amide bonds. The van der Waals surface area contributed by atoms with Gasteiger partial charge in [0.25, 0.3) is 5.91 Å². The molecule has 112 valence electrons. The standard InChI is InChI=1S/C16H26N2O2/c19-15-16(8-10-17-11-9-16)20-14-7-6-13(18(14)15)12-4-2-1-3-5-12/h12-14,17H,1-11H2/t13-,14+/m0/s1. The number of rotatable bonds is 1. The highest BCUT2D eigenvalue weighted by Crippen LogP contribution is 2.45. The third-order valence-electron chi connectivity index (χ3n) is 5.97. The van der Waals surface area contributed by atoms with Gasteiger partial charge in [0.1, 0.15) is 6.23 Å². The SMILES string of the molecule is O=C1N2[C@@H](CC[C@H]2C2CCCCC2)OC12CCNCC2. The largest absolute Gasteiger partial charge is 0.342 e. The van der Waals surface area contributed by atoms with Crippen LogP contribution in [0, 0.1) is 5.92 Å². The van der Waals surface area contributed by atoms with Gasteiger partial charge >= 0.3 is 0 Å². The van der Waals surface area contributed by atoms with Gasteiger partial charge in [-0.05, 0) is 57.5 Å². The van der Waals surface area contributed by atoms with Crippen LogP contribution in [0.3, 0.4) is 0 Å². The minimum atomic E-state index is -0.469. The highest BCUT2D eigenvalue weighted by molar-refractivity contribution is 5.88. The number of nitrogens with zero attached hydrogens (tertiary/aromatic N) is 1. The van der Waals surface area contributed by atoms with E-state index in [1.54, 1.807) is 0 Å². The maximum atomic E-state index is 13.0. The molecule has 3 aliphatic heterocycles. The molecule has 0 aromatic heterocycles. The van der Waals surface area contributed by atoms with Crippen molar-refractivity contribution in [1.29, 1.82) is 0 Å². The van der Waals surface area contributed by atoms with E-state index in [0.717, 1.165) is 44.7 Å². The number of carbonyl (C=O) groups is 1. The summed E-state index contributed by atoms with van der Waals surface area (Å²) >= 11 is 0. The van der Waals surface area contributed by atoms with Crippen molar-refractivity contribution in [1.82, 2.24) is 10.2 Å². The zero-order chi connectivity index (χ0) is 13.6. The van der Waals surface area contributed by atoms with Crippen LogP contribution in [0.25, 0.3) is 0 Å². The van der Waals surface area contributed by atoms with Crippen molar-refractivity contribution in [3.05, 3.63) is 0 Å². The summed E-state index contributed by atoms with van der Waals surface area (Å²) in [6.45, 7) is 1.83. The van der Waals surface area contributed by atoms with E-state index in [2.05, 4.69) is 10.2 Å². The Labute approximate surface area is 121 Å². The Bertz CT molecular complexity index is 386. The van der Waals surface area contributed by atoms with Crippen LogP contribution in [0.15, 0.2) is 0 Å². The summed E-state index contributed by atoms with van der Waals surface area (Å²) in [4.78, 5) is 15.2. The number of nitrogens with one attached hydrogen (secondary N) is 1. The number of hydrogen-bond acceptors (Lipinski definition) is 3. The van der Waals surface area contributed by atoms with Gasteiger partial charge in [-0.25, -0.2) is 0 Å². The normalized spacial score (nSPS) is 37.6. The van der Waals surface area contributed by atoms with E-state index < -0.39 is 5.60 Å². The summed E-state index contributed by atoms with van der Waals surface area (Å²) in [6.07, 6.45) is 10.7. The molecule has 1 aliphatic carbocycles. The molecule has 0 radical (unpaired) electrons. The van der Waals surface area contributed by atoms with Gasteiger partial charge in [0, 0.05) is 6.04 Å². The van der Waals surface area contributed by atoms with E-state index in [4.69, 9.17) is 4.74 Å². The third-order valence-corrected chi connectivity index (χ3v) is 5.97. The molecule has 20 heavy (non-hydrogen) atoms. The number of carbonyl (C=O) groups excluding carboxylic acids is 1. The predicted molar refractivity (Wildman–Crippen MR) is 76.2 cm³/mol. The molecule has 1 spiro atoms. The zero-order valence-corrected chi connectivity index (χ0v) is 12.3. The fraction of sp³-hybridized carbons (Fsp3) is 0.938. The molecule has 0 bridgehead atoms. The Morgan fingerprint density at radius 2 is 1.80 bits per heavy atom. The quantitative estimate of drug-likeness (QED) is 0.798. The van der Waals surface area contributed by atoms with Crippen molar-refractivity contribution in [2.75, 3.05) is 13.1 Å². The molecule has 0 unspecified atom stereocenters. The van der Waals surface area contributed by atoms with Gasteiger partial charge in [0.05, 0.1) is 0 Å². The first-order valence-electron chi connectivity index (χ1n) is 8.51. The van der Waals surface area contributed by atoms with Crippen LogP contribution >= 0.6 is 0 Å². The molecule has 0 aromatic carbocycles. The average molecular weight is 278 g/mol. The predicted octanol–water partition coefficient (Wildman–Crippen LogP) is 2.04. The van der Waals surface area contributed by atoms with Crippen molar-refractivity contribution in [3.8, 4) is 0 Å². The van der Waals surface area contributed by atoms with Gasteiger partial charge in [-0.2, -0.15) is 0 Å². The van der Waals surface area contributed by atoms with Crippen LogP contribution in [0.2, 0.25) is 0 Å². The highest BCUT2D eigenvalue weighted by Gasteiger charge is 2.57. The van der Waals surface area contributed by atoms with Crippen LogP contribution in [0.4, 0.5) is 0 Å². The van der Waals surface area contributed by atoms with Crippen LogP contribution < -0.4 is 5.32 Å². The number of piperidine rings is 1. The van der Waals surface area contributed by atoms with E-state index in [1.165, 1.54) is 32.1 Å². The second-order valence-corrected chi connectivity index (χ2v) is 7.07. The van der Waals surface area contributed by atoms with Gasteiger partial charge < -0.3 is 15.0 Å². The number of ether oxygens (including phenoxy) is 1. The van der Waals surface area contributed by atoms with Gasteiger partial charge in [-0.15, -0.1) is 0 Å². The molecular formula is C16H26N2O2.